The van der Waals surface area contributed by atoms with E-state index in [2.05, 4.69) is 9.97 Å². The van der Waals surface area contributed by atoms with Crippen molar-refractivity contribution in [2.45, 2.75) is 17.3 Å². The van der Waals surface area contributed by atoms with E-state index in [1.165, 1.54) is 11.0 Å². The molecule has 3 aromatic rings. The summed E-state index contributed by atoms with van der Waals surface area (Å²) in [5.74, 6) is 0.931. The Morgan fingerprint density at radius 1 is 1.19 bits per heavy atom. The summed E-state index contributed by atoms with van der Waals surface area (Å²) in [6.07, 6.45) is 0. The number of benzene rings is 2. The van der Waals surface area contributed by atoms with Gasteiger partial charge < -0.3 is 19.4 Å². The highest BCUT2D eigenvalue weighted by molar-refractivity contribution is 8.00. The molecule has 0 radical (unpaired) electrons. The van der Waals surface area contributed by atoms with Crippen LogP contribution in [0.5, 0.6) is 11.5 Å². The quantitative estimate of drug-likeness (QED) is 0.349. The number of hydrogen-bond acceptors (Lipinski definition) is 7. The van der Waals surface area contributed by atoms with Crippen molar-refractivity contribution in [1.29, 1.82) is 0 Å². The van der Waals surface area contributed by atoms with Crippen molar-refractivity contribution >= 4 is 29.1 Å². The number of nitrogens with zero attached hydrogens (tertiary/aromatic N) is 2. The molecule has 1 amide bonds. The van der Waals surface area contributed by atoms with Crippen LogP contribution in [0.25, 0.3) is 11.3 Å². The Bertz CT molecular complexity index is 1240. The lowest BCUT2D eigenvalue weighted by atomic mass is 10.1. The topological polar surface area (TPSA) is 102 Å². The monoisotopic (exact) mass is 451 g/mol. The smallest absolute Gasteiger partial charge is 0.264 e. The molecule has 8 nitrogen and oxygen atoms in total. The van der Waals surface area contributed by atoms with Crippen LogP contribution in [0.3, 0.4) is 0 Å². The van der Waals surface area contributed by atoms with E-state index in [4.69, 9.17) is 9.47 Å². The molecule has 0 spiro atoms. The molecule has 2 aromatic carbocycles. The van der Waals surface area contributed by atoms with Crippen LogP contribution in [0.15, 0.2) is 58.5 Å². The molecule has 0 bridgehead atoms. The first-order valence-electron chi connectivity index (χ1n) is 9.86. The molecule has 9 heteroatoms. The second-order valence-electron chi connectivity index (χ2n) is 7.21. The van der Waals surface area contributed by atoms with Gasteiger partial charge in [0.05, 0.1) is 23.7 Å². The van der Waals surface area contributed by atoms with Gasteiger partial charge in [0.2, 0.25) is 0 Å². The summed E-state index contributed by atoms with van der Waals surface area (Å²) >= 11 is 1.16. The lowest BCUT2D eigenvalue weighted by molar-refractivity contribution is -0.120. The van der Waals surface area contributed by atoms with Crippen LogP contribution < -0.4 is 19.9 Å². The fourth-order valence-corrected chi connectivity index (χ4v) is 4.17. The van der Waals surface area contributed by atoms with Crippen molar-refractivity contribution in [3.05, 3.63) is 64.4 Å². The van der Waals surface area contributed by atoms with Crippen molar-refractivity contribution in [2.24, 2.45) is 0 Å². The van der Waals surface area contributed by atoms with E-state index in [1.807, 2.05) is 12.1 Å². The molecule has 4 rings (SSSR count). The van der Waals surface area contributed by atoms with Gasteiger partial charge in [-0.3, -0.25) is 14.4 Å². The number of ketones is 1. The van der Waals surface area contributed by atoms with Crippen molar-refractivity contribution in [2.75, 3.05) is 25.7 Å². The number of thioether (sulfide) groups is 1. The maximum absolute atomic E-state index is 13.0. The fourth-order valence-electron chi connectivity index (χ4n) is 3.28. The number of aromatic nitrogens is 2. The van der Waals surface area contributed by atoms with Crippen molar-refractivity contribution in [3.63, 3.8) is 0 Å². The number of rotatable bonds is 6. The van der Waals surface area contributed by atoms with Gasteiger partial charge in [-0.15, -0.1) is 0 Å². The molecule has 0 saturated heterocycles. The summed E-state index contributed by atoms with van der Waals surface area (Å²) < 4.78 is 10.6. The molecule has 0 aliphatic carbocycles. The molecule has 1 aromatic heterocycles. The van der Waals surface area contributed by atoms with Crippen molar-refractivity contribution < 1.29 is 19.1 Å². The third-order valence-electron chi connectivity index (χ3n) is 5.09. The number of H-pyrrole nitrogens is 1. The van der Waals surface area contributed by atoms with E-state index in [-0.39, 0.29) is 23.9 Å². The van der Waals surface area contributed by atoms with Gasteiger partial charge >= 0.3 is 0 Å². The van der Waals surface area contributed by atoms with Crippen LogP contribution in [0.1, 0.15) is 17.3 Å². The van der Waals surface area contributed by atoms with Gasteiger partial charge in [0.1, 0.15) is 11.5 Å². The Morgan fingerprint density at radius 2 is 1.94 bits per heavy atom. The molecule has 2 heterocycles. The number of anilines is 1. The minimum absolute atomic E-state index is 0.0212. The van der Waals surface area contributed by atoms with Crippen LogP contribution in [0.2, 0.25) is 0 Å². The van der Waals surface area contributed by atoms with Gasteiger partial charge in [-0.2, -0.15) is 0 Å². The largest absolute Gasteiger partial charge is 0.497 e. The minimum Gasteiger partial charge on any atom is -0.497 e. The van der Waals surface area contributed by atoms with Gasteiger partial charge in [0, 0.05) is 24.2 Å². The average molecular weight is 452 g/mol. The Kier molecular flexibility index (Phi) is 6.00. The molecule has 1 atom stereocenters. The molecule has 1 aliphatic rings. The van der Waals surface area contributed by atoms with Gasteiger partial charge in [-0.25, -0.2) is 4.98 Å². The minimum atomic E-state index is -0.521. The third kappa shape index (κ3) is 4.38. The number of fused-ring (bicyclic) bond motifs is 1. The normalized spacial score (nSPS) is 13.8. The second-order valence-corrected chi connectivity index (χ2v) is 8.54. The molecule has 32 heavy (non-hydrogen) atoms. The number of carbonyl (C=O) groups is 2. The molecule has 1 aliphatic heterocycles. The first kappa shape index (κ1) is 21.6. The van der Waals surface area contributed by atoms with Gasteiger partial charge in [0.25, 0.3) is 11.5 Å². The molecular weight excluding hydrogens is 430 g/mol. The number of carbonyl (C=O) groups excluding carboxylic acids is 2. The van der Waals surface area contributed by atoms with Crippen LogP contribution in [0.4, 0.5) is 5.69 Å². The third-order valence-corrected chi connectivity index (χ3v) is 6.08. The molecular formula is C23H21N3O5S. The number of likely N-dealkylation sites (N-methyl/N-ethyl adjacent to an activating group) is 1. The Balaban J connectivity index is 1.55. The number of methoxy groups -OCH3 is 1. The lowest BCUT2D eigenvalue weighted by Gasteiger charge is -2.26. The molecule has 0 fully saturated rings. The predicted molar refractivity (Wildman–Crippen MR) is 122 cm³/mol. The van der Waals surface area contributed by atoms with Crippen LogP contribution >= 0.6 is 11.8 Å². The predicted octanol–water partition coefficient (Wildman–Crippen LogP) is 3.16. The Morgan fingerprint density at radius 3 is 2.66 bits per heavy atom. The van der Waals surface area contributed by atoms with E-state index >= 15 is 0 Å². The van der Waals surface area contributed by atoms with E-state index < -0.39 is 5.25 Å². The fraction of sp³-hybridized carbons (Fsp3) is 0.217. The first-order valence-corrected chi connectivity index (χ1v) is 10.7. The highest BCUT2D eigenvalue weighted by atomic mass is 32.2. The zero-order valence-corrected chi connectivity index (χ0v) is 18.6. The van der Waals surface area contributed by atoms with Gasteiger partial charge in [0.15, 0.2) is 17.5 Å². The number of amides is 1. The van der Waals surface area contributed by atoms with Crippen molar-refractivity contribution in [1.82, 2.24) is 9.97 Å². The number of ether oxygens (including phenoxy) is 2. The highest BCUT2D eigenvalue weighted by Crippen LogP contribution is 2.33. The summed E-state index contributed by atoms with van der Waals surface area (Å²) in [4.78, 5) is 45.8. The summed E-state index contributed by atoms with van der Waals surface area (Å²) in [5, 5.41) is -0.175. The Labute approximate surface area is 188 Å². The average Bonchev–Trinajstić information content (AvgIpc) is 2.80. The number of hydrogen-bond donors (Lipinski definition) is 1. The van der Waals surface area contributed by atoms with Crippen LogP contribution in [-0.2, 0) is 4.79 Å². The van der Waals surface area contributed by atoms with E-state index in [0.29, 0.717) is 33.6 Å². The van der Waals surface area contributed by atoms with Crippen molar-refractivity contribution in [3.8, 4) is 22.8 Å². The summed E-state index contributed by atoms with van der Waals surface area (Å²) in [5.41, 5.74) is 1.96. The maximum Gasteiger partial charge on any atom is 0.264 e. The van der Waals surface area contributed by atoms with Crippen LogP contribution in [-0.4, -0.2) is 47.7 Å². The SMILES string of the molecule is COc1ccc(-c2cc(=O)[nH]c(SC(C)C(=O)c3ccc4c(c3)N(C)C(=O)CO4)n2)cc1. The zero-order valence-electron chi connectivity index (χ0n) is 17.7. The van der Waals surface area contributed by atoms with Gasteiger partial charge in [-0.05, 0) is 49.4 Å². The summed E-state index contributed by atoms with van der Waals surface area (Å²) in [7, 11) is 3.23. The Hall–Kier alpha value is -3.59. The second kappa shape index (κ2) is 8.88. The number of Topliss-reactive ketones (excluding diaryl/α,β-unsaturated/α-hetero) is 1. The maximum atomic E-state index is 13.0. The lowest BCUT2D eigenvalue weighted by Crippen LogP contribution is -2.35. The zero-order chi connectivity index (χ0) is 22.8. The standard InChI is InChI=1S/C23H21N3O5S/c1-13(22(29)15-6-9-19-18(10-15)26(2)21(28)12-31-19)32-23-24-17(11-20(27)25-23)14-4-7-16(30-3)8-5-14/h4-11,13H,12H2,1-3H3,(H,24,25,27). The van der Waals surface area contributed by atoms with E-state index in [0.717, 1.165) is 17.3 Å². The molecule has 164 valence electrons. The highest BCUT2D eigenvalue weighted by Gasteiger charge is 2.25. The molecule has 1 unspecified atom stereocenters. The molecule has 1 N–H and O–H groups in total. The summed E-state index contributed by atoms with van der Waals surface area (Å²) in [6, 6.07) is 13.6. The van der Waals surface area contributed by atoms with Crippen LogP contribution in [0, 0.1) is 0 Å². The summed E-state index contributed by atoms with van der Waals surface area (Å²) in [6.45, 7) is 1.73. The number of nitrogens with one attached hydrogen (secondary N) is 1. The molecule has 0 saturated carbocycles. The van der Waals surface area contributed by atoms with Gasteiger partial charge in [-0.1, -0.05) is 11.8 Å². The van der Waals surface area contributed by atoms with E-state index in [1.54, 1.807) is 51.4 Å². The first-order chi connectivity index (χ1) is 15.4. The van der Waals surface area contributed by atoms with E-state index in [9.17, 15) is 14.4 Å². The number of aromatic amines is 1.